The minimum absolute atomic E-state index is 0.254. The maximum absolute atomic E-state index is 13.6. The van der Waals surface area contributed by atoms with E-state index >= 15 is 0 Å². The number of pyridine rings is 2. The molecule has 1 aliphatic rings. The van der Waals surface area contributed by atoms with Gasteiger partial charge in [0.25, 0.3) is 0 Å². The monoisotopic (exact) mass is 616 g/mol. The normalized spacial score (nSPS) is 15.6. The van der Waals surface area contributed by atoms with Gasteiger partial charge in [-0.1, -0.05) is 19.9 Å². The fourth-order valence-electron chi connectivity index (χ4n) is 5.48. The van der Waals surface area contributed by atoms with Crippen molar-refractivity contribution in [3.63, 3.8) is 0 Å². The molecule has 3 aromatic rings. The molecule has 0 aliphatic carbocycles. The Kier molecular flexibility index (Phi) is 10.8. The zero-order valence-electron chi connectivity index (χ0n) is 28.9. The molecular weight excluding hydrogens is 564 g/mol. The maximum Gasteiger partial charge on any atom is 0.340 e. The number of nitrogens with zero attached hydrogens (tertiary/aromatic N) is 3. The number of hydrogen-bond acceptors (Lipinski definition) is 8. The third kappa shape index (κ3) is 9.19. The second kappa shape index (κ2) is 14.2. The number of rotatable bonds is 11. The highest BCUT2D eigenvalue weighted by Gasteiger charge is 2.37. The van der Waals surface area contributed by atoms with Crippen LogP contribution in [0.25, 0.3) is 11.3 Å². The second-order valence-electron chi connectivity index (χ2n) is 14.2. The van der Waals surface area contributed by atoms with E-state index < -0.39 is 17.7 Å². The first-order valence-corrected chi connectivity index (χ1v) is 16.2. The van der Waals surface area contributed by atoms with E-state index in [1.165, 1.54) is 11.1 Å². The summed E-state index contributed by atoms with van der Waals surface area (Å²) >= 11 is 0. The van der Waals surface area contributed by atoms with E-state index in [2.05, 4.69) is 50.0 Å². The van der Waals surface area contributed by atoms with Gasteiger partial charge >= 0.3 is 5.97 Å². The van der Waals surface area contributed by atoms with Crippen LogP contribution in [0.3, 0.4) is 0 Å². The van der Waals surface area contributed by atoms with Crippen molar-refractivity contribution in [3.8, 4) is 17.0 Å². The molecule has 1 atom stereocenters. The van der Waals surface area contributed by atoms with Crippen molar-refractivity contribution in [2.24, 2.45) is 5.41 Å². The summed E-state index contributed by atoms with van der Waals surface area (Å²) in [6.45, 7) is 23.2. The Morgan fingerprint density at radius 1 is 1.00 bits per heavy atom. The number of esters is 1. The Bertz CT molecular complexity index is 1450. The molecule has 8 heteroatoms. The molecule has 0 unspecified atom stereocenters. The lowest BCUT2D eigenvalue weighted by molar-refractivity contribution is -0.171. The molecule has 0 spiro atoms. The predicted molar refractivity (Wildman–Crippen MR) is 182 cm³/mol. The van der Waals surface area contributed by atoms with Gasteiger partial charge in [0.05, 0.1) is 35.0 Å². The third-order valence-corrected chi connectivity index (χ3v) is 8.24. The van der Waals surface area contributed by atoms with Crippen LogP contribution >= 0.6 is 0 Å². The van der Waals surface area contributed by atoms with Gasteiger partial charge in [0, 0.05) is 42.7 Å². The number of aryl methyl sites for hydroxylation is 3. The Balaban J connectivity index is 1.65. The molecule has 1 aliphatic heterocycles. The van der Waals surface area contributed by atoms with Crippen LogP contribution in [-0.4, -0.2) is 53.9 Å². The quantitative estimate of drug-likeness (QED) is 0.171. The van der Waals surface area contributed by atoms with Gasteiger partial charge in [-0.3, -0.25) is 9.97 Å². The minimum atomic E-state index is -0.928. The molecule has 1 fully saturated rings. The Labute approximate surface area is 269 Å². The molecule has 0 bridgehead atoms. The topological polar surface area (TPSA) is 85.8 Å². The van der Waals surface area contributed by atoms with E-state index in [4.69, 9.17) is 24.2 Å². The first-order valence-electron chi connectivity index (χ1n) is 16.2. The van der Waals surface area contributed by atoms with Gasteiger partial charge in [-0.15, -0.1) is 0 Å². The van der Waals surface area contributed by atoms with Gasteiger partial charge in [-0.2, -0.15) is 0 Å². The summed E-state index contributed by atoms with van der Waals surface area (Å²) in [4.78, 5) is 25.7. The zero-order valence-corrected chi connectivity index (χ0v) is 28.9. The first-order chi connectivity index (χ1) is 21.1. The van der Waals surface area contributed by atoms with E-state index in [0.29, 0.717) is 13.2 Å². The van der Waals surface area contributed by atoms with Crippen LogP contribution < -0.4 is 15.0 Å². The number of carbonyl (C=O) groups is 1. The molecular formula is C37H52N4O4. The molecule has 1 N–H and O–H groups in total. The lowest BCUT2D eigenvalue weighted by atomic mass is 9.82. The standard InChI is InChI=1S/C37H52N4O4/c1-24(2)44-35(42)34(45-36(6,7)8)32-27(5)39-23-30(33(32)41-18-15-37(9,10)16-19-41)31-14-12-28(22-40-31)38-17-20-43-29-13-11-25(3)26(4)21-29/h11-14,21-24,34,38H,15-20H2,1-10H3/t34-/m0/s1. The summed E-state index contributed by atoms with van der Waals surface area (Å²) in [7, 11) is 0. The number of nitrogens with one attached hydrogen (secondary N) is 1. The molecule has 244 valence electrons. The van der Waals surface area contributed by atoms with Crippen molar-refractivity contribution in [1.82, 2.24) is 9.97 Å². The first kappa shape index (κ1) is 34.2. The molecule has 0 radical (unpaired) electrons. The molecule has 3 heterocycles. The fourth-order valence-corrected chi connectivity index (χ4v) is 5.48. The number of anilines is 2. The summed E-state index contributed by atoms with van der Waals surface area (Å²) in [5, 5.41) is 3.41. The van der Waals surface area contributed by atoms with E-state index in [1.54, 1.807) is 0 Å². The molecule has 1 saturated heterocycles. The van der Waals surface area contributed by atoms with Gasteiger partial charge in [0.1, 0.15) is 12.4 Å². The minimum Gasteiger partial charge on any atom is -0.492 e. The van der Waals surface area contributed by atoms with Crippen LogP contribution in [0.5, 0.6) is 5.75 Å². The second-order valence-corrected chi connectivity index (χ2v) is 14.2. The molecule has 0 saturated carbocycles. The van der Waals surface area contributed by atoms with E-state index in [9.17, 15) is 4.79 Å². The van der Waals surface area contributed by atoms with Gasteiger partial charge in [-0.05, 0) is 109 Å². The van der Waals surface area contributed by atoms with Gasteiger partial charge < -0.3 is 24.4 Å². The predicted octanol–water partition coefficient (Wildman–Crippen LogP) is 7.99. The van der Waals surface area contributed by atoms with Crippen molar-refractivity contribution >= 4 is 17.3 Å². The number of benzene rings is 1. The average molecular weight is 617 g/mol. The summed E-state index contributed by atoms with van der Waals surface area (Å²) in [6, 6.07) is 10.2. The summed E-state index contributed by atoms with van der Waals surface area (Å²) in [6.07, 6.45) is 4.59. The molecule has 45 heavy (non-hydrogen) atoms. The van der Waals surface area contributed by atoms with Gasteiger partial charge in [-0.25, -0.2) is 4.79 Å². The lowest BCUT2D eigenvalue weighted by Crippen LogP contribution is -2.39. The third-order valence-electron chi connectivity index (χ3n) is 8.24. The molecule has 8 nitrogen and oxygen atoms in total. The molecule has 1 aromatic carbocycles. The highest BCUT2D eigenvalue weighted by atomic mass is 16.6. The fraction of sp³-hybridized carbons (Fsp3) is 0.541. The van der Waals surface area contributed by atoms with Crippen molar-refractivity contribution in [3.05, 3.63) is 65.1 Å². The van der Waals surface area contributed by atoms with E-state index in [0.717, 1.165) is 65.6 Å². The van der Waals surface area contributed by atoms with Crippen LogP contribution in [0.1, 0.15) is 89.8 Å². The van der Waals surface area contributed by atoms with E-state index in [1.807, 2.05) is 72.1 Å². The maximum atomic E-state index is 13.6. The van der Waals surface area contributed by atoms with Crippen LogP contribution in [0.4, 0.5) is 11.4 Å². The van der Waals surface area contributed by atoms with Crippen molar-refractivity contribution in [2.75, 3.05) is 36.5 Å². The van der Waals surface area contributed by atoms with Gasteiger partial charge in [0.15, 0.2) is 6.10 Å². The largest absolute Gasteiger partial charge is 0.492 e. The average Bonchev–Trinajstić information content (AvgIpc) is 2.95. The molecule has 2 aromatic heterocycles. The van der Waals surface area contributed by atoms with Crippen molar-refractivity contribution < 1.29 is 19.0 Å². The van der Waals surface area contributed by atoms with Crippen LogP contribution in [0.15, 0.2) is 42.7 Å². The van der Waals surface area contributed by atoms with Crippen LogP contribution in [-0.2, 0) is 14.3 Å². The number of carbonyl (C=O) groups excluding carboxylic acids is 1. The summed E-state index contributed by atoms with van der Waals surface area (Å²) in [5.74, 6) is 0.465. The Morgan fingerprint density at radius 3 is 2.31 bits per heavy atom. The smallest absolute Gasteiger partial charge is 0.340 e. The SMILES string of the molecule is Cc1ccc(OCCNc2ccc(-c3cnc(C)c([C@H](OC(C)(C)C)C(=O)OC(C)C)c3N3CCC(C)(C)CC3)nc2)cc1C. The van der Waals surface area contributed by atoms with Crippen LogP contribution in [0, 0.1) is 26.2 Å². The Morgan fingerprint density at radius 2 is 1.71 bits per heavy atom. The van der Waals surface area contributed by atoms with Crippen molar-refractivity contribution in [1.29, 1.82) is 0 Å². The van der Waals surface area contributed by atoms with Gasteiger partial charge in [0.2, 0.25) is 0 Å². The number of hydrogen-bond donors (Lipinski definition) is 1. The van der Waals surface area contributed by atoms with Crippen LogP contribution in [0.2, 0.25) is 0 Å². The highest BCUT2D eigenvalue weighted by Crippen LogP contribution is 2.43. The number of ether oxygens (including phenoxy) is 3. The lowest BCUT2D eigenvalue weighted by Gasteiger charge is -2.41. The highest BCUT2D eigenvalue weighted by molar-refractivity contribution is 5.86. The summed E-state index contributed by atoms with van der Waals surface area (Å²) < 4.78 is 18.1. The number of aromatic nitrogens is 2. The van der Waals surface area contributed by atoms with E-state index in [-0.39, 0.29) is 11.5 Å². The molecule has 4 rings (SSSR count). The molecule has 0 amide bonds. The summed E-state index contributed by atoms with van der Waals surface area (Å²) in [5.41, 5.74) is 7.14. The Hall–Kier alpha value is -3.65. The van der Waals surface area contributed by atoms with Crippen molar-refractivity contribution in [2.45, 2.75) is 99.9 Å². The number of piperidine rings is 1. The zero-order chi connectivity index (χ0) is 32.9.